The van der Waals surface area contributed by atoms with Crippen molar-refractivity contribution in [3.8, 4) is 11.5 Å². The second-order valence-electron chi connectivity index (χ2n) is 10.8. The second kappa shape index (κ2) is 13.7. The summed E-state index contributed by atoms with van der Waals surface area (Å²) < 4.78 is 70.1. The molecule has 5 rings (SSSR count). The van der Waals surface area contributed by atoms with Crippen molar-refractivity contribution in [3.05, 3.63) is 97.7 Å². The highest BCUT2D eigenvalue weighted by Crippen LogP contribution is 2.45. The summed E-state index contributed by atoms with van der Waals surface area (Å²) in [5.41, 5.74) is 5.43. The summed E-state index contributed by atoms with van der Waals surface area (Å²) in [6.45, 7) is 0.228. The summed E-state index contributed by atoms with van der Waals surface area (Å²) >= 11 is 18.0. The van der Waals surface area contributed by atoms with Crippen LogP contribution in [-0.2, 0) is 27.1 Å². The summed E-state index contributed by atoms with van der Waals surface area (Å²) in [7, 11) is 0. The van der Waals surface area contributed by atoms with E-state index in [9.17, 15) is 27.2 Å². The number of rotatable bonds is 11. The molecule has 244 valence electrons. The molecule has 0 unspecified atom stereocenters. The molecule has 3 aromatic carbocycles. The quantitative estimate of drug-likeness (QED) is 0.127. The van der Waals surface area contributed by atoms with E-state index in [0.29, 0.717) is 42.7 Å². The number of benzene rings is 3. The van der Waals surface area contributed by atoms with Crippen LogP contribution in [0.1, 0.15) is 36.0 Å². The van der Waals surface area contributed by atoms with Crippen LogP contribution in [0.3, 0.4) is 0 Å². The van der Waals surface area contributed by atoms with E-state index in [4.69, 9.17) is 54.7 Å². The minimum absolute atomic E-state index is 0.00454. The van der Waals surface area contributed by atoms with Crippen LogP contribution in [0.15, 0.2) is 60.2 Å². The van der Waals surface area contributed by atoms with Crippen LogP contribution in [0.2, 0.25) is 15.1 Å². The Hall–Kier alpha value is -3.51. The normalized spacial score (nSPS) is 16.2. The first-order valence-corrected chi connectivity index (χ1v) is 15.2. The molecule has 46 heavy (non-hydrogen) atoms. The van der Waals surface area contributed by atoms with Gasteiger partial charge in [0.15, 0.2) is 5.75 Å². The van der Waals surface area contributed by atoms with Crippen LogP contribution >= 0.6 is 34.8 Å². The molecule has 1 aliphatic heterocycles. The Morgan fingerprint density at radius 3 is 2.22 bits per heavy atom. The van der Waals surface area contributed by atoms with E-state index in [1.165, 1.54) is 12.1 Å². The average Bonchev–Trinajstić information content (AvgIpc) is 3.82. The number of hydrogen-bond acceptors (Lipinski definition) is 6. The molecule has 14 heteroatoms. The second-order valence-corrected chi connectivity index (χ2v) is 12.0. The molecule has 0 saturated heterocycles. The van der Waals surface area contributed by atoms with Gasteiger partial charge in [0.1, 0.15) is 36.9 Å². The number of nitrogens with zero attached hydrogens (tertiary/aromatic N) is 1. The van der Waals surface area contributed by atoms with Gasteiger partial charge in [-0.25, -0.2) is 9.18 Å². The Bertz CT molecular complexity index is 1650. The number of alkyl halides is 3. The zero-order valence-corrected chi connectivity index (χ0v) is 26.3. The van der Waals surface area contributed by atoms with Crippen molar-refractivity contribution in [1.82, 2.24) is 4.90 Å². The van der Waals surface area contributed by atoms with Crippen molar-refractivity contribution < 1.29 is 41.4 Å². The zero-order valence-electron chi connectivity index (χ0n) is 24.1. The Kier molecular flexibility index (Phi) is 10.1. The third-order valence-corrected chi connectivity index (χ3v) is 8.89. The average molecular weight is 702 g/mol. The van der Waals surface area contributed by atoms with E-state index in [0.717, 1.165) is 18.2 Å². The fourth-order valence-corrected chi connectivity index (χ4v) is 6.19. The van der Waals surface area contributed by atoms with E-state index < -0.39 is 46.6 Å². The SMILES string of the molecule is NC(=O)C1(N2CCC(c3ccc(OCCOc4c(Cl)cc(F)cc4Cl)cc3)=C(C(=O)OCc3cccc(C(F)(F)F)c3Cl)C2)CC1. The van der Waals surface area contributed by atoms with Crippen molar-refractivity contribution in [1.29, 1.82) is 0 Å². The van der Waals surface area contributed by atoms with Crippen LogP contribution < -0.4 is 15.2 Å². The highest BCUT2D eigenvalue weighted by molar-refractivity contribution is 6.37. The predicted molar refractivity (Wildman–Crippen MR) is 164 cm³/mol. The van der Waals surface area contributed by atoms with Gasteiger partial charge < -0.3 is 19.9 Å². The van der Waals surface area contributed by atoms with E-state index in [2.05, 4.69) is 0 Å². The Morgan fingerprint density at radius 2 is 1.61 bits per heavy atom. The molecular formula is C32H27Cl3F4N2O5. The van der Waals surface area contributed by atoms with Crippen molar-refractivity contribution in [2.45, 2.75) is 37.6 Å². The van der Waals surface area contributed by atoms with E-state index >= 15 is 0 Å². The molecule has 7 nitrogen and oxygen atoms in total. The molecule has 0 aromatic heterocycles. The lowest BCUT2D eigenvalue weighted by atomic mass is 9.92. The molecule has 0 atom stereocenters. The maximum Gasteiger partial charge on any atom is 0.417 e. The van der Waals surface area contributed by atoms with Gasteiger partial charge in [-0.1, -0.05) is 59.1 Å². The minimum atomic E-state index is -4.67. The number of carbonyl (C=O) groups is 2. The molecule has 1 heterocycles. The first-order valence-electron chi connectivity index (χ1n) is 14.1. The van der Waals surface area contributed by atoms with Crippen LogP contribution in [0.25, 0.3) is 5.57 Å². The fraction of sp³-hybridized carbons (Fsp3) is 0.312. The van der Waals surface area contributed by atoms with Gasteiger partial charge in [0.25, 0.3) is 0 Å². The summed E-state index contributed by atoms with van der Waals surface area (Å²) in [6.07, 6.45) is -3.15. The third-order valence-electron chi connectivity index (χ3n) is 7.89. The van der Waals surface area contributed by atoms with Crippen molar-refractivity contribution in [3.63, 3.8) is 0 Å². The maximum absolute atomic E-state index is 13.5. The monoisotopic (exact) mass is 700 g/mol. The molecule has 0 spiro atoms. The van der Waals surface area contributed by atoms with Gasteiger partial charge in [0, 0.05) is 18.7 Å². The van der Waals surface area contributed by atoms with Crippen molar-refractivity contribution >= 4 is 52.3 Å². The van der Waals surface area contributed by atoms with Crippen LogP contribution in [0.5, 0.6) is 11.5 Å². The maximum atomic E-state index is 13.5. The number of halogens is 7. The number of ether oxygens (including phenoxy) is 3. The first-order chi connectivity index (χ1) is 21.8. The molecule has 1 amide bonds. The standard InChI is InChI=1S/C32H27Cl3F4N2O5/c33-25-14-20(36)15-26(34)28(25)45-13-12-44-21-6-4-18(5-7-21)22-8-11-41(31(9-10-31)30(40)43)16-23(22)29(42)46-17-19-2-1-3-24(27(19)35)32(37,38)39/h1-7,14-15H,8-13,16-17H2,(H2,40,43). The lowest BCUT2D eigenvalue weighted by Crippen LogP contribution is -2.50. The lowest BCUT2D eigenvalue weighted by Gasteiger charge is -2.35. The van der Waals surface area contributed by atoms with Crippen molar-refractivity contribution in [2.75, 3.05) is 26.3 Å². The largest absolute Gasteiger partial charge is 0.490 e. The predicted octanol–water partition coefficient (Wildman–Crippen LogP) is 7.48. The van der Waals surface area contributed by atoms with Crippen molar-refractivity contribution in [2.24, 2.45) is 5.73 Å². The van der Waals surface area contributed by atoms with Gasteiger partial charge in [-0.05, 0) is 60.7 Å². The first kappa shape index (κ1) is 33.8. The van der Waals surface area contributed by atoms with Gasteiger partial charge in [-0.2, -0.15) is 13.2 Å². The molecule has 1 aliphatic carbocycles. The molecule has 1 fully saturated rings. The molecule has 0 radical (unpaired) electrons. The van der Waals surface area contributed by atoms with E-state index in [1.807, 2.05) is 4.90 Å². The van der Waals surface area contributed by atoms with E-state index in [-0.39, 0.29) is 46.7 Å². The number of primary amides is 1. The van der Waals surface area contributed by atoms with Gasteiger partial charge in [-0.15, -0.1) is 0 Å². The summed E-state index contributed by atoms with van der Waals surface area (Å²) in [5.74, 6) is -1.18. The minimum Gasteiger partial charge on any atom is -0.490 e. The lowest BCUT2D eigenvalue weighted by molar-refractivity contribution is -0.141. The smallest absolute Gasteiger partial charge is 0.417 e. The fourth-order valence-electron chi connectivity index (χ4n) is 5.33. The Balaban J connectivity index is 1.30. The molecular weight excluding hydrogens is 675 g/mol. The number of hydrogen-bond donors (Lipinski definition) is 1. The topological polar surface area (TPSA) is 91.1 Å². The number of esters is 1. The molecule has 1 saturated carbocycles. The molecule has 3 aromatic rings. The van der Waals surface area contributed by atoms with Crippen LogP contribution in [0, 0.1) is 5.82 Å². The van der Waals surface area contributed by atoms with Gasteiger partial charge in [0.05, 0.1) is 26.2 Å². The Labute approximate surface area is 276 Å². The summed E-state index contributed by atoms with van der Waals surface area (Å²) in [4.78, 5) is 27.6. The summed E-state index contributed by atoms with van der Waals surface area (Å²) in [6, 6.07) is 12.5. The molecule has 2 aliphatic rings. The van der Waals surface area contributed by atoms with Crippen LogP contribution in [-0.4, -0.2) is 48.6 Å². The van der Waals surface area contributed by atoms with Gasteiger partial charge in [-0.3, -0.25) is 9.69 Å². The van der Waals surface area contributed by atoms with Gasteiger partial charge >= 0.3 is 12.1 Å². The van der Waals surface area contributed by atoms with E-state index in [1.54, 1.807) is 24.3 Å². The highest BCUT2D eigenvalue weighted by atomic mass is 35.5. The highest BCUT2D eigenvalue weighted by Gasteiger charge is 2.54. The summed E-state index contributed by atoms with van der Waals surface area (Å²) in [5, 5.41) is -0.480. The zero-order chi connectivity index (χ0) is 33.2. The number of nitrogens with two attached hydrogens (primary N) is 1. The number of amides is 1. The molecule has 0 bridgehead atoms. The third kappa shape index (κ3) is 7.38. The number of carbonyl (C=O) groups excluding carboxylic acids is 2. The molecule has 2 N–H and O–H groups in total. The van der Waals surface area contributed by atoms with Gasteiger partial charge in [0.2, 0.25) is 5.91 Å². The van der Waals surface area contributed by atoms with Crippen LogP contribution in [0.4, 0.5) is 17.6 Å². The Morgan fingerprint density at radius 1 is 0.957 bits per heavy atom.